The minimum Gasteiger partial charge on any atom is -0.268 e. The van der Waals surface area contributed by atoms with E-state index in [2.05, 4.69) is 17.8 Å². The van der Waals surface area contributed by atoms with Crippen LogP contribution in [0.1, 0.15) is 0 Å². The third kappa shape index (κ3) is 4.90. The Labute approximate surface area is 86.0 Å². The van der Waals surface area contributed by atoms with E-state index in [0.29, 0.717) is 0 Å². The molecular weight excluding hydrogens is 262 g/mol. The molecule has 0 aliphatic carbocycles. The monoisotopic (exact) mass is 268 g/mol. The largest absolute Gasteiger partial charge is 0.489 e. The maximum absolute atomic E-state index is 12.4. The van der Waals surface area contributed by atoms with Gasteiger partial charge in [-0.05, 0) is 0 Å². The van der Waals surface area contributed by atoms with Crippen LogP contribution in [0.15, 0.2) is 0 Å². The van der Waals surface area contributed by atoms with Crippen molar-refractivity contribution >= 4 is 21.2 Å². The summed E-state index contributed by atoms with van der Waals surface area (Å²) in [6.07, 6.45) is -4.06. The van der Waals surface area contributed by atoms with Gasteiger partial charge in [0, 0.05) is 0 Å². The Balaban J connectivity index is 2.69. The van der Waals surface area contributed by atoms with E-state index in [4.69, 9.17) is 0 Å². The van der Waals surface area contributed by atoms with E-state index in [9.17, 15) is 21.4 Å². The van der Waals surface area contributed by atoms with E-state index in [1.165, 1.54) is 0 Å². The fourth-order valence-electron chi connectivity index (χ4n) is 0.540. The molecule has 90 valence electrons. The van der Waals surface area contributed by atoms with Crippen molar-refractivity contribution in [1.82, 2.24) is 0 Å². The van der Waals surface area contributed by atoms with Crippen LogP contribution in [0.3, 0.4) is 0 Å². The van der Waals surface area contributed by atoms with Crippen LogP contribution in [0, 0.1) is 0 Å². The summed E-state index contributed by atoms with van der Waals surface area (Å²) in [6, 6.07) is 0. The highest BCUT2D eigenvalue weighted by atomic mass is 32.3. The molecule has 0 saturated carbocycles. The van der Waals surface area contributed by atoms with Crippen LogP contribution >= 0.6 is 0 Å². The van der Waals surface area contributed by atoms with Crippen LogP contribution in [0.2, 0.25) is 0 Å². The Morgan fingerprint density at radius 1 is 1.20 bits per heavy atom. The van der Waals surface area contributed by atoms with E-state index in [-0.39, 0.29) is 0 Å². The van der Waals surface area contributed by atoms with Crippen LogP contribution in [-0.2, 0) is 39.0 Å². The molecule has 15 heavy (non-hydrogen) atoms. The molecule has 7 nitrogen and oxygen atoms in total. The van der Waals surface area contributed by atoms with Gasteiger partial charge in [-0.2, -0.15) is 8.42 Å². The summed E-state index contributed by atoms with van der Waals surface area (Å²) >= 11 is -2.32. The minimum atomic E-state index is -4.22. The molecule has 1 unspecified atom stereocenters. The SMILES string of the molecule is O=S1CS(=O)(=O)OCOC(F)(F)OCO1. The lowest BCUT2D eigenvalue weighted by Gasteiger charge is -2.17. The van der Waals surface area contributed by atoms with E-state index in [1.807, 2.05) is 0 Å². The average Bonchev–Trinajstić information content (AvgIpc) is 1.99. The van der Waals surface area contributed by atoms with Gasteiger partial charge in [0.05, 0.1) is 0 Å². The Kier molecular flexibility index (Phi) is 4.08. The molecule has 0 aromatic rings. The summed E-state index contributed by atoms with van der Waals surface area (Å²) in [6.45, 7) is -2.29. The molecule has 0 aromatic heterocycles. The highest BCUT2D eigenvalue weighted by Crippen LogP contribution is 2.18. The number of hydrogen-bond donors (Lipinski definition) is 0. The van der Waals surface area contributed by atoms with Gasteiger partial charge in [0.15, 0.2) is 29.8 Å². The minimum absolute atomic E-state index is 0.981. The summed E-state index contributed by atoms with van der Waals surface area (Å²) < 4.78 is 72.8. The maximum atomic E-state index is 12.4. The van der Waals surface area contributed by atoms with Crippen molar-refractivity contribution in [2.24, 2.45) is 0 Å². The molecule has 11 heteroatoms. The summed E-state index contributed by atoms with van der Waals surface area (Å²) in [5, 5.41) is -0.981. The van der Waals surface area contributed by atoms with Gasteiger partial charge in [-0.25, -0.2) is 8.39 Å². The fourth-order valence-corrected chi connectivity index (χ4v) is 2.38. The van der Waals surface area contributed by atoms with Crippen LogP contribution in [0.5, 0.6) is 0 Å². The first kappa shape index (κ1) is 12.9. The number of halogens is 2. The molecule has 1 heterocycles. The van der Waals surface area contributed by atoms with E-state index >= 15 is 0 Å². The second kappa shape index (κ2) is 4.76. The van der Waals surface area contributed by atoms with Crippen molar-refractivity contribution in [2.75, 3.05) is 18.7 Å². The van der Waals surface area contributed by atoms with Crippen molar-refractivity contribution in [2.45, 2.75) is 6.29 Å². The Hall–Kier alpha value is -0.200. The van der Waals surface area contributed by atoms with Crippen LogP contribution < -0.4 is 0 Å². The van der Waals surface area contributed by atoms with E-state index in [0.717, 1.165) is 0 Å². The average molecular weight is 268 g/mol. The van der Waals surface area contributed by atoms with Gasteiger partial charge < -0.3 is 0 Å². The standard InChI is InChI=1S/C4H6F2O7S2/c5-4(6)10-1-12-14(7)3-15(8,9)13-2-11-4/h1-3H2. The normalized spacial score (nSPS) is 32.0. The summed E-state index contributed by atoms with van der Waals surface area (Å²) in [7, 11) is -4.22. The van der Waals surface area contributed by atoms with Crippen molar-refractivity contribution in [3.05, 3.63) is 0 Å². The Morgan fingerprint density at radius 2 is 1.80 bits per heavy atom. The van der Waals surface area contributed by atoms with Crippen LogP contribution in [0.4, 0.5) is 8.78 Å². The molecule has 1 saturated heterocycles. The van der Waals surface area contributed by atoms with Crippen LogP contribution in [0.25, 0.3) is 0 Å². The second-order valence-corrected chi connectivity index (χ2v) is 5.34. The predicted octanol–water partition coefficient (Wildman–Crippen LogP) is -0.517. The molecule has 1 atom stereocenters. The van der Waals surface area contributed by atoms with E-state index < -0.39 is 46.2 Å². The fraction of sp³-hybridized carbons (Fsp3) is 1.00. The molecular formula is C4H6F2O7S2. The zero-order valence-corrected chi connectivity index (χ0v) is 8.68. The number of alkyl halides is 2. The quantitative estimate of drug-likeness (QED) is 0.546. The zero-order chi connectivity index (χ0) is 11.5. The molecule has 1 rings (SSSR count). The lowest BCUT2D eigenvalue weighted by molar-refractivity contribution is -0.414. The van der Waals surface area contributed by atoms with Crippen molar-refractivity contribution < 1.29 is 39.2 Å². The van der Waals surface area contributed by atoms with Gasteiger partial charge in [-0.15, -0.1) is 8.78 Å². The molecule has 1 aliphatic heterocycles. The molecule has 0 spiro atoms. The lowest BCUT2D eigenvalue weighted by Crippen LogP contribution is -2.31. The molecule has 0 N–H and O–H groups in total. The molecule has 0 amide bonds. The van der Waals surface area contributed by atoms with Crippen molar-refractivity contribution in [1.29, 1.82) is 0 Å². The Bertz CT molecular complexity index is 339. The van der Waals surface area contributed by atoms with Gasteiger partial charge in [0.1, 0.15) is 0 Å². The number of rotatable bonds is 0. The molecule has 1 fully saturated rings. The molecule has 1 aliphatic rings. The maximum Gasteiger partial charge on any atom is 0.489 e. The molecule has 0 radical (unpaired) electrons. The van der Waals surface area contributed by atoms with E-state index in [1.54, 1.807) is 0 Å². The number of ether oxygens (including phenoxy) is 2. The zero-order valence-electron chi connectivity index (χ0n) is 7.05. The smallest absolute Gasteiger partial charge is 0.268 e. The van der Waals surface area contributed by atoms with Gasteiger partial charge in [0.25, 0.3) is 10.1 Å². The second-order valence-electron chi connectivity index (χ2n) is 2.20. The third-order valence-corrected chi connectivity index (χ3v) is 3.84. The highest BCUT2D eigenvalue weighted by molar-refractivity contribution is 8.00. The van der Waals surface area contributed by atoms with Crippen molar-refractivity contribution in [3.8, 4) is 0 Å². The summed E-state index contributed by atoms with van der Waals surface area (Å²) in [4.78, 5) is 0. The van der Waals surface area contributed by atoms with Crippen molar-refractivity contribution in [3.63, 3.8) is 0 Å². The van der Waals surface area contributed by atoms with Gasteiger partial charge in [0.2, 0.25) is 0 Å². The van der Waals surface area contributed by atoms with Gasteiger partial charge >= 0.3 is 6.29 Å². The highest BCUT2D eigenvalue weighted by Gasteiger charge is 2.34. The van der Waals surface area contributed by atoms with Gasteiger partial charge in [-0.1, -0.05) is 0 Å². The van der Waals surface area contributed by atoms with Crippen LogP contribution in [-0.4, -0.2) is 37.6 Å². The summed E-state index contributed by atoms with van der Waals surface area (Å²) in [5.74, 6) is 0. The topological polar surface area (TPSA) is 88.1 Å². The molecule has 0 bridgehead atoms. The first-order valence-electron chi connectivity index (χ1n) is 3.35. The summed E-state index contributed by atoms with van der Waals surface area (Å²) in [5.41, 5.74) is 0. The number of hydrogen-bond acceptors (Lipinski definition) is 7. The first-order valence-corrected chi connectivity index (χ1v) is 6.17. The first-order chi connectivity index (χ1) is 6.81. The third-order valence-electron chi connectivity index (χ3n) is 1.10. The predicted molar refractivity (Wildman–Crippen MR) is 41.0 cm³/mol. The van der Waals surface area contributed by atoms with Gasteiger partial charge in [-0.3, -0.25) is 13.7 Å². The molecule has 0 aromatic carbocycles. The Morgan fingerprint density at radius 3 is 2.47 bits per heavy atom. The lowest BCUT2D eigenvalue weighted by atomic mass is 11.2.